The van der Waals surface area contributed by atoms with Gasteiger partial charge in [0.15, 0.2) is 11.6 Å². The van der Waals surface area contributed by atoms with Gasteiger partial charge in [0.05, 0.1) is 11.1 Å². The molecule has 38 heavy (non-hydrogen) atoms. The molecule has 0 atom stereocenters. The Labute approximate surface area is 222 Å². The Morgan fingerprint density at radius 2 is 1.21 bits per heavy atom. The third kappa shape index (κ3) is 4.54. The van der Waals surface area contributed by atoms with Gasteiger partial charge in [-0.25, -0.2) is 0 Å². The first kappa shape index (κ1) is 23.9. The van der Waals surface area contributed by atoms with Crippen molar-refractivity contribution in [3.05, 3.63) is 125 Å². The fraction of sp³-hybridized carbons (Fsp3) is 0.176. The van der Waals surface area contributed by atoms with E-state index in [2.05, 4.69) is 5.32 Å². The molecule has 1 aliphatic carbocycles. The molecule has 0 amide bonds. The second-order valence-electron chi connectivity index (χ2n) is 9.91. The van der Waals surface area contributed by atoms with Crippen LogP contribution in [-0.4, -0.2) is 17.6 Å². The van der Waals surface area contributed by atoms with Gasteiger partial charge in [-0.3, -0.25) is 9.59 Å². The second kappa shape index (κ2) is 10.5. The Kier molecular flexibility index (Phi) is 6.62. The van der Waals surface area contributed by atoms with Crippen molar-refractivity contribution in [2.24, 2.45) is 0 Å². The maximum absolute atomic E-state index is 14.2. The van der Waals surface area contributed by atoms with Gasteiger partial charge in [-0.1, -0.05) is 122 Å². The van der Waals surface area contributed by atoms with Gasteiger partial charge in [0.2, 0.25) is 5.88 Å². The van der Waals surface area contributed by atoms with E-state index in [4.69, 9.17) is 4.42 Å². The predicted molar refractivity (Wildman–Crippen MR) is 152 cm³/mol. The molecule has 0 unspecified atom stereocenters. The van der Waals surface area contributed by atoms with Crippen LogP contribution >= 0.6 is 0 Å². The fourth-order valence-electron chi connectivity index (χ4n) is 5.48. The molecule has 5 aromatic rings. The quantitative estimate of drug-likeness (QED) is 0.229. The van der Waals surface area contributed by atoms with Crippen molar-refractivity contribution in [2.45, 2.75) is 38.1 Å². The molecule has 1 N–H and O–H groups in total. The van der Waals surface area contributed by atoms with Crippen molar-refractivity contribution >= 4 is 28.2 Å². The topological polar surface area (TPSA) is 59.3 Å². The zero-order valence-electron chi connectivity index (χ0n) is 21.2. The van der Waals surface area contributed by atoms with E-state index in [1.54, 1.807) is 24.3 Å². The molecule has 4 heteroatoms. The number of carbonyl (C=O) groups is 2. The summed E-state index contributed by atoms with van der Waals surface area (Å²) in [6, 6.07) is 32.4. The van der Waals surface area contributed by atoms with Crippen molar-refractivity contribution in [1.29, 1.82) is 0 Å². The molecule has 4 nitrogen and oxygen atoms in total. The van der Waals surface area contributed by atoms with Crippen molar-refractivity contribution < 1.29 is 14.0 Å². The number of hydrogen-bond donors (Lipinski definition) is 1. The molecule has 4 aromatic carbocycles. The van der Waals surface area contributed by atoms with Crippen LogP contribution in [0.25, 0.3) is 22.1 Å². The van der Waals surface area contributed by atoms with Crippen LogP contribution in [0.3, 0.4) is 0 Å². The van der Waals surface area contributed by atoms with E-state index in [1.807, 2.05) is 78.9 Å². The van der Waals surface area contributed by atoms with Crippen LogP contribution in [0.15, 0.2) is 108 Å². The van der Waals surface area contributed by atoms with Crippen LogP contribution in [0, 0.1) is 0 Å². The summed E-state index contributed by atoms with van der Waals surface area (Å²) in [4.78, 5) is 28.3. The minimum atomic E-state index is -0.228. The predicted octanol–water partition coefficient (Wildman–Crippen LogP) is 8.31. The van der Waals surface area contributed by atoms with Crippen molar-refractivity contribution in [3.63, 3.8) is 0 Å². The number of fused-ring (bicyclic) bond motifs is 1. The maximum atomic E-state index is 14.2. The van der Waals surface area contributed by atoms with Gasteiger partial charge in [0, 0.05) is 22.7 Å². The molecular formula is C34H29NO3. The average Bonchev–Trinajstić information content (AvgIpc) is 3.36. The van der Waals surface area contributed by atoms with Gasteiger partial charge in [0.25, 0.3) is 0 Å². The monoisotopic (exact) mass is 499 g/mol. The number of anilines is 1. The number of furan rings is 1. The highest BCUT2D eigenvalue weighted by Crippen LogP contribution is 2.41. The standard InChI is InChI=1S/C34H29NO3/c36-31(24-14-4-1-5-15-24)29-30(32(37)25-16-6-2-7-17-25)34(35-26-19-8-3-9-20-26)38-33(29)28-22-12-18-23-13-10-11-21-27(23)28/h1-2,4-7,10-18,21-22,26,35H,3,8-9,19-20H2. The minimum Gasteiger partial charge on any atom is -0.439 e. The number of ketones is 2. The summed E-state index contributed by atoms with van der Waals surface area (Å²) in [6.45, 7) is 0. The molecule has 1 aliphatic rings. The first-order chi connectivity index (χ1) is 18.7. The van der Waals surface area contributed by atoms with Crippen molar-refractivity contribution in [1.82, 2.24) is 0 Å². The Morgan fingerprint density at radius 3 is 1.89 bits per heavy atom. The number of hydrogen-bond acceptors (Lipinski definition) is 4. The molecule has 1 fully saturated rings. The third-order valence-electron chi connectivity index (χ3n) is 7.41. The van der Waals surface area contributed by atoms with Gasteiger partial charge >= 0.3 is 0 Å². The van der Waals surface area contributed by atoms with Gasteiger partial charge in [-0.15, -0.1) is 0 Å². The van der Waals surface area contributed by atoms with Crippen LogP contribution in [0.5, 0.6) is 0 Å². The largest absolute Gasteiger partial charge is 0.439 e. The lowest BCUT2D eigenvalue weighted by atomic mass is 9.91. The van der Waals surface area contributed by atoms with E-state index < -0.39 is 0 Å². The van der Waals surface area contributed by atoms with Crippen LogP contribution in [0.1, 0.15) is 63.9 Å². The lowest BCUT2D eigenvalue weighted by molar-refractivity contribution is 0.100. The van der Waals surface area contributed by atoms with Crippen LogP contribution < -0.4 is 5.32 Å². The number of carbonyl (C=O) groups excluding carboxylic acids is 2. The summed E-state index contributed by atoms with van der Waals surface area (Å²) in [5, 5.41) is 5.55. The van der Waals surface area contributed by atoms with E-state index in [9.17, 15) is 9.59 Å². The Morgan fingerprint density at radius 1 is 0.632 bits per heavy atom. The minimum absolute atomic E-state index is 0.192. The number of rotatable bonds is 7. The van der Waals surface area contributed by atoms with Crippen LogP contribution in [-0.2, 0) is 0 Å². The van der Waals surface area contributed by atoms with Gasteiger partial charge in [0.1, 0.15) is 5.76 Å². The molecule has 0 bridgehead atoms. The highest BCUT2D eigenvalue weighted by Gasteiger charge is 2.33. The molecule has 0 saturated heterocycles. The second-order valence-corrected chi connectivity index (χ2v) is 9.91. The fourth-order valence-corrected chi connectivity index (χ4v) is 5.48. The normalized spacial score (nSPS) is 13.9. The molecule has 1 saturated carbocycles. The summed E-state index contributed by atoms with van der Waals surface area (Å²) in [5.41, 5.74) is 2.44. The summed E-state index contributed by atoms with van der Waals surface area (Å²) in [7, 11) is 0. The molecule has 0 spiro atoms. The summed E-state index contributed by atoms with van der Waals surface area (Å²) >= 11 is 0. The maximum Gasteiger partial charge on any atom is 0.205 e. The van der Waals surface area contributed by atoms with Crippen LogP contribution in [0.2, 0.25) is 0 Å². The Hall–Kier alpha value is -4.44. The average molecular weight is 500 g/mol. The summed E-state index contributed by atoms with van der Waals surface area (Å²) in [6.07, 6.45) is 5.49. The molecule has 188 valence electrons. The highest BCUT2D eigenvalue weighted by atomic mass is 16.4. The summed E-state index contributed by atoms with van der Waals surface area (Å²) in [5.74, 6) is 0.355. The van der Waals surface area contributed by atoms with Gasteiger partial charge in [-0.2, -0.15) is 0 Å². The number of nitrogens with one attached hydrogen (secondary N) is 1. The van der Waals surface area contributed by atoms with Crippen LogP contribution in [0.4, 0.5) is 5.88 Å². The van der Waals surface area contributed by atoms with E-state index in [1.165, 1.54) is 6.42 Å². The van der Waals surface area contributed by atoms with Crippen molar-refractivity contribution in [3.8, 4) is 11.3 Å². The first-order valence-electron chi connectivity index (χ1n) is 13.3. The van der Waals surface area contributed by atoms with Gasteiger partial charge < -0.3 is 9.73 Å². The zero-order valence-corrected chi connectivity index (χ0v) is 21.2. The molecule has 1 aromatic heterocycles. The smallest absolute Gasteiger partial charge is 0.205 e. The molecular weight excluding hydrogens is 470 g/mol. The van der Waals surface area contributed by atoms with E-state index >= 15 is 0 Å². The first-order valence-corrected chi connectivity index (χ1v) is 13.3. The van der Waals surface area contributed by atoms with E-state index in [-0.39, 0.29) is 17.6 Å². The van der Waals surface area contributed by atoms with Crippen molar-refractivity contribution in [2.75, 3.05) is 5.32 Å². The SMILES string of the molecule is O=C(c1ccccc1)c1c(NC2CCCCC2)oc(-c2cccc3ccccc23)c1C(=O)c1ccccc1. The molecule has 0 aliphatic heterocycles. The Bertz CT molecular complexity index is 1590. The molecule has 0 radical (unpaired) electrons. The zero-order chi connectivity index (χ0) is 25.9. The van der Waals surface area contributed by atoms with E-state index in [0.717, 1.165) is 42.0 Å². The Balaban J connectivity index is 1.62. The lowest BCUT2D eigenvalue weighted by Gasteiger charge is -2.23. The molecule has 1 heterocycles. The number of benzene rings is 4. The van der Waals surface area contributed by atoms with Gasteiger partial charge in [-0.05, 0) is 23.6 Å². The van der Waals surface area contributed by atoms with E-state index in [0.29, 0.717) is 33.9 Å². The molecule has 6 rings (SSSR count). The summed E-state index contributed by atoms with van der Waals surface area (Å²) < 4.78 is 6.58. The highest BCUT2D eigenvalue weighted by molar-refractivity contribution is 6.24. The lowest BCUT2D eigenvalue weighted by Crippen LogP contribution is -2.23. The third-order valence-corrected chi connectivity index (χ3v) is 7.41.